The highest BCUT2D eigenvalue weighted by molar-refractivity contribution is 7.98. The van der Waals surface area contributed by atoms with Crippen LogP contribution in [0.15, 0.2) is 47.6 Å². The first-order valence-corrected chi connectivity index (χ1v) is 6.94. The molecule has 0 spiro atoms. The minimum atomic E-state index is -0.829. The lowest BCUT2D eigenvalue weighted by molar-refractivity contribution is -0.136. The molecule has 1 heterocycles. The maximum absolute atomic E-state index is 10.6. The minimum Gasteiger partial charge on any atom is -0.481 e. The van der Waals surface area contributed by atoms with Gasteiger partial charge in [-0.3, -0.25) is 4.79 Å². The Morgan fingerprint density at radius 3 is 2.60 bits per heavy atom. The monoisotopic (exact) mass is 284 g/mol. The normalized spacial score (nSPS) is 9.95. The zero-order chi connectivity index (χ0) is 14.4. The third kappa shape index (κ3) is 4.11. The first-order valence-electron chi connectivity index (χ1n) is 5.96. The Bertz CT molecular complexity index is 648. The molecule has 0 unspecified atom stereocenters. The van der Waals surface area contributed by atoms with Gasteiger partial charge in [-0.2, -0.15) is 5.26 Å². The van der Waals surface area contributed by atoms with Crippen molar-refractivity contribution in [1.82, 2.24) is 4.98 Å². The number of rotatable bonds is 5. The van der Waals surface area contributed by atoms with Crippen molar-refractivity contribution in [2.24, 2.45) is 0 Å². The molecule has 2 aromatic rings. The SMILES string of the molecule is N#Cc1ccnc(SCc2ccc(CC(=O)O)cc2)c1. The number of carboxylic acid groups (broad SMARTS) is 1. The molecular weight excluding hydrogens is 272 g/mol. The van der Waals surface area contributed by atoms with Gasteiger partial charge < -0.3 is 5.11 Å². The van der Waals surface area contributed by atoms with E-state index in [9.17, 15) is 4.79 Å². The van der Waals surface area contributed by atoms with E-state index in [2.05, 4.69) is 11.1 Å². The fraction of sp³-hybridized carbons (Fsp3) is 0.133. The third-order valence-corrected chi connectivity index (χ3v) is 3.63. The Kier molecular flexibility index (Phi) is 4.75. The van der Waals surface area contributed by atoms with Crippen LogP contribution in [0.4, 0.5) is 0 Å². The summed E-state index contributed by atoms with van der Waals surface area (Å²) in [5.74, 6) is -0.0977. The summed E-state index contributed by atoms with van der Waals surface area (Å²) in [5.41, 5.74) is 2.48. The smallest absolute Gasteiger partial charge is 0.307 e. The van der Waals surface area contributed by atoms with E-state index in [4.69, 9.17) is 10.4 Å². The second kappa shape index (κ2) is 6.73. The number of aliphatic carboxylic acids is 1. The second-order valence-corrected chi connectivity index (χ2v) is 5.17. The van der Waals surface area contributed by atoms with Gasteiger partial charge in [0, 0.05) is 11.9 Å². The largest absolute Gasteiger partial charge is 0.481 e. The Hall–Kier alpha value is -2.32. The van der Waals surface area contributed by atoms with E-state index in [1.54, 1.807) is 30.1 Å². The molecule has 100 valence electrons. The predicted molar refractivity (Wildman–Crippen MR) is 76.3 cm³/mol. The van der Waals surface area contributed by atoms with Crippen LogP contribution in [0.2, 0.25) is 0 Å². The van der Waals surface area contributed by atoms with E-state index in [0.717, 1.165) is 21.9 Å². The van der Waals surface area contributed by atoms with E-state index in [1.807, 2.05) is 24.3 Å². The zero-order valence-corrected chi connectivity index (χ0v) is 11.4. The molecule has 0 radical (unpaired) electrons. The molecule has 0 fully saturated rings. The van der Waals surface area contributed by atoms with Crippen LogP contribution < -0.4 is 0 Å². The zero-order valence-electron chi connectivity index (χ0n) is 10.6. The van der Waals surface area contributed by atoms with Crippen molar-refractivity contribution in [2.45, 2.75) is 17.2 Å². The van der Waals surface area contributed by atoms with Gasteiger partial charge in [-0.15, -0.1) is 11.8 Å². The van der Waals surface area contributed by atoms with E-state index in [1.165, 1.54) is 0 Å². The van der Waals surface area contributed by atoms with Crippen LogP contribution in [0, 0.1) is 11.3 Å². The Morgan fingerprint density at radius 2 is 1.95 bits per heavy atom. The van der Waals surface area contributed by atoms with Gasteiger partial charge in [0.15, 0.2) is 0 Å². The summed E-state index contributed by atoms with van der Waals surface area (Å²) in [6.07, 6.45) is 1.66. The molecule has 2 rings (SSSR count). The number of carboxylic acids is 1. The molecule has 0 bridgehead atoms. The van der Waals surface area contributed by atoms with Crippen LogP contribution in [-0.2, 0) is 17.0 Å². The van der Waals surface area contributed by atoms with Gasteiger partial charge in [0.25, 0.3) is 0 Å². The molecule has 5 heteroatoms. The molecule has 0 aliphatic carbocycles. The maximum atomic E-state index is 10.6. The maximum Gasteiger partial charge on any atom is 0.307 e. The summed E-state index contributed by atoms with van der Waals surface area (Å²) in [5, 5.41) is 18.3. The molecule has 0 aliphatic rings. The molecule has 0 saturated carbocycles. The van der Waals surface area contributed by atoms with Crippen LogP contribution >= 0.6 is 11.8 Å². The molecule has 1 N–H and O–H groups in total. The van der Waals surface area contributed by atoms with Gasteiger partial charge >= 0.3 is 5.97 Å². The molecule has 20 heavy (non-hydrogen) atoms. The number of hydrogen-bond donors (Lipinski definition) is 1. The molecule has 1 aromatic heterocycles. The summed E-state index contributed by atoms with van der Waals surface area (Å²) in [4.78, 5) is 14.8. The first kappa shape index (κ1) is 14.1. The predicted octanol–water partition coefficient (Wildman–Crippen LogP) is 2.87. The average Bonchev–Trinajstić information content (AvgIpc) is 2.46. The van der Waals surface area contributed by atoms with Crippen molar-refractivity contribution in [3.05, 3.63) is 59.3 Å². The van der Waals surface area contributed by atoms with Crippen molar-refractivity contribution in [1.29, 1.82) is 5.26 Å². The minimum absolute atomic E-state index is 0.0409. The number of pyridine rings is 1. The van der Waals surface area contributed by atoms with Crippen molar-refractivity contribution >= 4 is 17.7 Å². The first-order chi connectivity index (χ1) is 9.67. The van der Waals surface area contributed by atoms with Gasteiger partial charge in [0.05, 0.1) is 23.1 Å². The lowest BCUT2D eigenvalue weighted by atomic mass is 10.1. The summed E-state index contributed by atoms with van der Waals surface area (Å²) in [6, 6.07) is 13.0. The molecule has 0 amide bonds. The van der Waals surface area contributed by atoms with Gasteiger partial charge in [-0.25, -0.2) is 4.98 Å². The fourth-order valence-electron chi connectivity index (χ4n) is 1.64. The van der Waals surface area contributed by atoms with Crippen molar-refractivity contribution in [3.63, 3.8) is 0 Å². The van der Waals surface area contributed by atoms with Crippen LogP contribution in [0.5, 0.6) is 0 Å². The van der Waals surface area contributed by atoms with Crippen LogP contribution in [0.3, 0.4) is 0 Å². The molecular formula is C15H12N2O2S. The van der Waals surface area contributed by atoms with Crippen LogP contribution in [0.25, 0.3) is 0 Å². The van der Waals surface area contributed by atoms with Crippen molar-refractivity contribution in [3.8, 4) is 6.07 Å². The number of nitrogens with zero attached hydrogens (tertiary/aromatic N) is 2. The van der Waals surface area contributed by atoms with E-state index < -0.39 is 5.97 Å². The number of carbonyl (C=O) groups is 1. The lowest BCUT2D eigenvalue weighted by Crippen LogP contribution is -1.99. The summed E-state index contributed by atoms with van der Waals surface area (Å²) in [6.45, 7) is 0. The van der Waals surface area contributed by atoms with E-state index in [-0.39, 0.29) is 6.42 Å². The topological polar surface area (TPSA) is 74.0 Å². The standard InChI is InChI=1S/C15H12N2O2S/c16-9-13-5-6-17-14(7-13)20-10-12-3-1-11(2-4-12)8-15(18)19/h1-7H,8,10H2,(H,18,19). The van der Waals surface area contributed by atoms with Crippen molar-refractivity contribution in [2.75, 3.05) is 0 Å². The van der Waals surface area contributed by atoms with Crippen molar-refractivity contribution < 1.29 is 9.90 Å². The summed E-state index contributed by atoms with van der Waals surface area (Å²) < 4.78 is 0. The Morgan fingerprint density at radius 1 is 1.25 bits per heavy atom. The average molecular weight is 284 g/mol. The highest BCUT2D eigenvalue weighted by Gasteiger charge is 2.02. The third-order valence-electron chi connectivity index (χ3n) is 2.63. The highest BCUT2D eigenvalue weighted by Crippen LogP contribution is 2.21. The quantitative estimate of drug-likeness (QED) is 0.854. The number of thioether (sulfide) groups is 1. The molecule has 0 aliphatic heterocycles. The number of benzene rings is 1. The van der Waals surface area contributed by atoms with Gasteiger partial charge in [-0.1, -0.05) is 24.3 Å². The van der Waals surface area contributed by atoms with Gasteiger partial charge in [0.1, 0.15) is 0 Å². The second-order valence-electron chi connectivity index (χ2n) is 4.17. The van der Waals surface area contributed by atoms with Gasteiger partial charge in [-0.05, 0) is 23.3 Å². The number of nitriles is 1. The molecule has 0 saturated heterocycles. The number of hydrogen-bond acceptors (Lipinski definition) is 4. The van der Waals surface area contributed by atoms with Crippen LogP contribution in [0.1, 0.15) is 16.7 Å². The van der Waals surface area contributed by atoms with E-state index >= 15 is 0 Å². The lowest BCUT2D eigenvalue weighted by Gasteiger charge is -2.03. The van der Waals surface area contributed by atoms with E-state index in [0.29, 0.717) is 5.56 Å². The Balaban J connectivity index is 1.97. The molecule has 4 nitrogen and oxygen atoms in total. The summed E-state index contributed by atoms with van der Waals surface area (Å²) >= 11 is 1.54. The molecule has 1 aromatic carbocycles. The Labute approximate surface area is 121 Å². The summed E-state index contributed by atoms with van der Waals surface area (Å²) in [7, 11) is 0. The number of aromatic nitrogens is 1. The van der Waals surface area contributed by atoms with Crippen LogP contribution in [-0.4, -0.2) is 16.1 Å². The van der Waals surface area contributed by atoms with Gasteiger partial charge in [0.2, 0.25) is 0 Å². The molecule has 0 atom stereocenters. The highest BCUT2D eigenvalue weighted by atomic mass is 32.2. The fourth-order valence-corrected chi connectivity index (χ4v) is 2.50.